The molecule has 0 atom stereocenters. The van der Waals surface area contributed by atoms with Gasteiger partial charge in [-0.05, 0) is 12.5 Å². The fourth-order valence-electron chi connectivity index (χ4n) is 0.642. The van der Waals surface area contributed by atoms with E-state index >= 15 is 0 Å². The Morgan fingerprint density at radius 2 is 2.33 bits per heavy atom. The van der Waals surface area contributed by atoms with Crippen LogP contribution in [-0.4, -0.2) is 11.7 Å². The molecule has 0 aliphatic carbocycles. The Kier molecular flexibility index (Phi) is 3.17. The van der Waals surface area contributed by atoms with Crippen LogP contribution in [0.25, 0.3) is 0 Å². The van der Waals surface area contributed by atoms with E-state index in [4.69, 9.17) is 5.11 Å². The van der Waals surface area contributed by atoms with Gasteiger partial charge in [0.15, 0.2) is 5.88 Å². The predicted molar refractivity (Wildman–Crippen MR) is 39.7 cm³/mol. The molecule has 3 heteroatoms. The number of allylic oxidation sites excluding steroid dienone is 2. The third-order valence-electron chi connectivity index (χ3n) is 1.07. The fraction of sp³-hybridized carbons (Fsp3) is 0.333. The first kappa shape index (κ1) is 8.37. The summed E-state index contributed by atoms with van der Waals surface area (Å²) in [5.41, 5.74) is 1.11. The highest BCUT2D eigenvalue weighted by atomic mass is 35.5. The maximum atomic E-state index is 8.79. The van der Waals surface area contributed by atoms with E-state index in [2.05, 4.69) is 5.32 Å². The quantitative estimate of drug-likeness (QED) is 0.542. The molecule has 0 unspecified atom stereocenters. The highest BCUT2D eigenvalue weighted by Crippen LogP contribution is 2.00. The number of hydrogen-bond acceptors (Lipinski definition) is 2. The Morgan fingerprint density at radius 1 is 1.67 bits per heavy atom. The van der Waals surface area contributed by atoms with Gasteiger partial charge in [0.2, 0.25) is 0 Å². The van der Waals surface area contributed by atoms with E-state index in [1.807, 2.05) is 13.0 Å². The second kappa shape index (κ2) is 3.41. The van der Waals surface area contributed by atoms with E-state index in [1.54, 1.807) is 6.08 Å². The van der Waals surface area contributed by atoms with E-state index in [0.29, 0.717) is 0 Å². The Morgan fingerprint density at radius 3 is 2.67 bits per heavy atom. The number of dihydropyridines is 1. The Labute approximate surface area is 60.7 Å². The van der Waals surface area contributed by atoms with Gasteiger partial charge in [-0.1, -0.05) is 6.08 Å². The minimum absolute atomic E-state index is 0. The molecule has 0 spiro atoms. The van der Waals surface area contributed by atoms with Crippen molar-refractivity contribution >= 4 is 12.4 Å². The zero-order valence-electron chi connectivity index (χ0n) is 5.22. The molecule has 52 valence electrons. The number of halogens is 1. The number of aliphatic hydroxyl groups is 1. The summed E-state index contributed by atoms with van der Waals surface area (Å²) in [6.07, 6.45) is 3.71. The molecule has 0 radical (unpaired) electrons. The molecule has 1 aliphatic heterocycles. The van der Waals surface area contributed by atoms with Crippen molar-refractivity contribution < 1.29 is 5.11 Å². The summed E-state index contributed by atoms with van der Waals surface area (Å²) in [5, 5.41) is 11.5. The van der Waals surface area contributed by atoms with E-state index in [-0.39, 0.29) is 18.3 Å². The van der Waals surface area contributed by atoms with Crippen molar-refractivity contribution in [2.24, 2.45) is 0 Å². The summed E-state index contributed by atoms with van der Waals surface area (Å²) in [5.74, 6) is 0.269. The number of rotatable bonds is 0. The van der Waals surface area contributed by atoms with Crippen LogP contribution in [0, 0.1) is 0 Å². The third kappa shape index (κ3) is 2.42. The second-order valence-electron chi connectivity index (χ2n) is 1.86. The molecule has 0 aromatic carbocycles. The molecule has 2 nitrogen and oxygen atoms in total. The monoisotopic (exact) mass is 147 g/mol. The van der Waals surface area contributed by atoms with Crippen molar-refractivity contribution in [1.82, 2.24) is 5.32 Å². The average Bonchev–Trinajstić information content (AvgIpc) is 1.64. The van der Waals surface area contributed by atoms with Gasteiger partial charge in [0.1, 0.15) is 0 Å². The van der Waals surface area contributed by atoms with Gasteiger partial charge in [-0.25, -0.2) is 0 Å². The lowest BCUT2D eigenvalue weighted by Gasteiger charge is -2.06. The molecule has 1 rings (SSSR count). The van der Waals surface area contributed by atoms with Crippen LogP contribution in [0.15, 0.2) is 23.6 Å². The van der Waals surface area contributed by atoms with Gasteiger partial charge in [0.05, 0.1) is 0 Å². The highest BCUT2D eigenvalue weighted by molar-refractivity contribution is 5.85. The van der Waals surface area contributed by atoms with Gasteiger partial charge < -0.3 is 10.4 Å². The molecule has 0 saturated heterocycles. The molecule has 2 N–H and O–H groups in total. The Balaban J connectivity index is 0.000000640. The van der Waals surface area contributed by atoms with Gasteiger partial charge in [-0.15, -0.1) is 12.4 Å². The molecule has 0 aromatic rings. The third-order valence-corrected chi connectivity index (χ3v) is 1.07. The second-order valence-corrected chi connectivity index (χ2v) is 1.86. The Hall–Kier alpha value is -0.630. The first-order chi connectivity index (χ1) is 3.79. The van der Waals surface area contributed by atoms with Crippen LogP contribution in [0.4, 0.5) is 0 Å². The SMILES string of the molecule is CC1=CCNC(O)=C1.Cl. The maximum Gasteiger partial charge on any atom is 0.184 e. The fourth-order valence-corrected chi connectivity index (χ4v) is 0.642. The van der Waals surface area contributed by atoms with Crippen molar-refractivity contribution in [3.8, 4) is 0 Å². The van der Waals surface area contributed by atoms with Crippen molar-refractivity contribution in [2.75, 3.05) is 6.54 Å². The molecular formula is C6H10ClNO. The number of hydrogen-bond donors (Lipinski definition) is 2. The van der Waals surface area contributed by atoms with Crippen LogP contribution in [0.5, 0.6) is 0 Å². The highest BCUT2D eigenvalue weighted by Gasteiger charge is 1.95. The van der Waals surface area contributed by atoms with Crippen LogP contribution >= 0.6 is 12.4 Å². The summed E-state index contributed by atoms with van der Waals surface area (Å²) >= 11 is 0. The van der Waals surface area contributed by atoms with E-state index in [9.17, 15) is 0 Å². The van der Waals surface area contributed by atoms with Crippen LogP contribution in [0.3, 0.4) is 0 Å². The average molecular weight is 148 g/mol. The minimum Gasteiger partial charge on any atom is -0.495 e. The van der Waals surface area contributed by atoms with Crippen molar-refractivity contribution in [1.29, 1.82) is 0 Å². The summed E-state index contributed by atoms with van der Waals surface area (Å²) in [7, 11) is 0. The minimum atomic E-state index is 0. The predicted octanol–water partition coefficient (Wildman–Crippen LogP) is 1.36. The smallest absolute Gasteiger partial charge is 0.184 e. The molecule has 0 aromatic heterocycles. The van der Waals surface area contributed by atoms with Crippen LogP contribution < -0.4 is 5.32 Å². The number of nitrogens with one attached hydrogen (secondary N) is 1. The van der Waals surface area contributed by atoms with E-state index in [0.717, 1.165) is 12.1 Å². The molecule has 0 saturated carbocycles. The lowest BCUT2D eigenvalue weighted by atomic mass is 10.2. The molecule has 1 aliphatic rings. The topological polar surface area (TPSA) is 32.3 Å². The number of aliphatic hydroxyl groups excluding tert-OH is 1. The van der Waals surface area contributed by atoms with Gasteiger partial charge in [-0.3, -0.25) is 0 Å². The maximum absolute atomic E-state index is 8.79. The zero-order valence-corrected chi connectivity index (χ0v) is 6.03. The van der Waals surface area contributed by atoms with Crippen LogP contribution in [0.2, 0.25) is 0 Å². The first-order valence-electron chi connectivity index (χ1n) is 2.60. The molecular weight excluding hydrogens is 138 g/mol. The molecule has 9 heavy (non-hydrogen) atoms. The first-order valence-corrected chi connectivity index (χ1v) is 2.60. The van der Waals surface area contributed by atoms with Gasteiger partial charge >= 0.3 is 0 Å². The largest absolute Gasteiger partial charge is 0.495 e. The molecule has 0 bridgehead atoms. The molecule has 0 amide bonds. The van der Waals surface area contributed by atoms with E-state index < -0.39 is 0 Å². The lowest BCUT2D eigenvalue weighted by molar-refractivity contribution is 0.367. The zero-order chi connectivity index (χ0) is 5.98. The van der Waals surface area contributed by atoms with Crippen LogP contribution in [0.1, 0.15) is 6.92 Å². The molecule has 1 heterocycles. The summed E-state index contributed by atoms with van der Waals surface area (Å²) in [6.45, 7) is 2.70. The lowest BCUT2D eigenvalue weighted by Crippen LogP contribution is -2.15. The van der Waals surface area contributed by atoms with Gasteiger partial charge in [0.25, 0.3) is 0 Å². The van der Waals surface area contributed by atoms with E-state index in [1.165, 1.54) is 0 Å². The standard InChI is InChI=1S/C6H9NO.ClH/c1-5-2-3-7-6(8)4-5;/h2,4,7-8H,3H2,1H3;1H. The van der Waals surface area contributed by atoms with Gasteiger partial charge in [-0.2, -0.15) is 0 Å². The molecule has 0 fully saturated rings. The Bertz CT molecular complexity index is 151. The summed E-state index contributed by atoms with van der Waals surface area (Å²) in [4.78, 5) is 0. The summed E-state index contributed by atoms with van der Waals surface area (Å²) in [6, 6.07) is 0. The normalized spacial score (nSPS) is 16.6. The van der Waals surface area contributed by atoms with Crippen molar-refractivity contribution in [2.45, 2.75) is 6.92 Å². The van der Waals surface area contributed by atoms with Crippen molar-refractivity contribution in [3.63, 3.8) is 0 Å². The van der Waals surface area contributed by atoms with Gasteiger partial charge in [0, 0.05) is 12.6 Å². The van der Waals surface area contributed by atoms with Crippen molar-refractivity contribution in [3.05, 3.63) is 23.6 Å². The summed E-state index contributed by atoms with van der Waals surface area (Å²) < 4.78 is 0. The van der Waals surface area contributed by atoms with Crippen LogP contribution in [-0.2, 0) is 0 Å².